The molecule has 1 saturated carbocycles. The number of amides is 1. The number of aliphatic carboxylic acids is 1. The van der Waals surface area contributed by atoms with Crippen molar-refractivity contribution in [1.29, 1.82) is 0 Å². The predicted molar refractivity (Wildman–Crippen MR) is 76.1 cm³/mol. The third-order valence-electron chi connectivity index (χ3n) is 5.01. The highest BCUT2D eigenvalue weighted by Gasteiger charge is 2.40. The summed E-state index contributed by atoms with van der Waals surface area (Å²) < 4.78 is 0. The van der Waals surface area contributed by atoms with Crippen LogP contribution in [0, 0.1) is 11.8 Å². The summed E-state index contributed by atoms with van der Waals surface area (Å²) in [7, 11) is 0. The number of carboxylic acid groups (broad SMARTS) is 1. The van der Waals surface area contributed by atoms with Crippen molar-refractivity contribution >= 4 is 11.9 Å². The summed E-state index contributed by atoms with van der Waals surface area (Å²) in [6, 6.07) is -0.335. The van der Waals surface area contributed by atoms with Gasteiger partial charge in [0.1, 0.15) is 0 Å². The summed E-state index contributed by atoms with van der Waals surface area (Å²) in [6.07, 6.45) is 5.97. The number of carboxylic acids is 1. The van der Waals surface area contributed by atoms with Gasteiger partial charge in [0.15, 0.2) is 0 Å². The van der Waals surface area contributed by atoms with E-state index in [4.69, 9.17) is 10.8 Å². The van der Waals surface area contributed by atoms with Crippen LogP contribution in [0.2, 0.25) is 0 Å². The van der Waals surface area contributed by atoms with Crippen LogP contribution in [-0.4, -0.2) is 40.5 Å². The van der Waals surface area contributed by atoms with Crippen molar-refractivity contribution in [1.82, 2.24) is 4.90 Å². The van der Waals surface area contributed by atoms with Gasteiger partial charge in [-0.05, 0) is 37.5 Å². The molecule has 3 N–H and O–H groups in total. The average Bonchev–Trinajstić information content (AvgIpc) is 2.44. The maximum absolute atomic E-state index is 12.5. The second-order valence-corrected chi connectivity index (χ2v) is 6.35. The van der Waals surface area contributed by atoms with E-state index in [-0.39, 0.29) is 18.7 Å². The first kappa shape index (κ1) is 15.3. The molecule has 2 fully saturated rings. The Morgan fingerprint density at radius 3 is 2.70 bits per heavy atom. The molecule has 2 aliphatic rings. The molecule has 5 nitrogen and oxygen atoms in total. The minimum atomic E-state index is -0.893. The van der Waals surface area contributed by atoms with Crippen molar-refractivity contribution in [2.24, 2.45) is 17.6 Å². The van der Waals surface area contributed by atoms with Gasteiger partial charge in [-0.25, -0.2) is 0 Å². The lowest BCUT2D eigenvalue weighted by molar-refractivity contribution is -0.141. The van der Waals surface area contributed by atoms with Gasteiger partial charge < -0.3 is 15.7 Å². The molecule has 2 rings (SSSR count). The van der Waals surface area contributed by atoms with E-state index in [0.29, 0.717) is 17.9 Å². The molecular weight excluding hydrogens is 256 g/mol. The second kappa shape index (κ2) is 6.57. The van der Waals surface area contributed by atoms with E-state index in [1.165, 1.54) is 19.3 Å². The summed E-state index contributed by atoms with van der Waals surface area (Å²) >= 11 is 0. The van der Waals surface area contributed by atoms with Crippen LogP contribution in [0.15, 0.2) is 0 Å². The van der Waals surface area contributed by atoms with E-state index in [1.54, 1.807) is 0 Å². The smallest absolute Gasteiger partial charge is 0.303 e. The minimum absolute atomic E-state index is 0.0365. The summed E-state index contributed by atoms with van der Waals surface area (Å²) in [4.78, 5) is 25.0. The average molecular weight is 282 g/mol. The summed E-state index contributed by atoms with van der Waals surface area (Å²) in [5.74, 6) is 0.346. The Morgan fingerprint density at radius 2 is 2.00 bits per heavy atom. The highest BCUT2D eigenvalue weighted by atomic mass is 16.4. The second-order valence-electron chi connectivity index (χ2n) is 6.35. The van der Waals surface area contributed by atoms with Gasteiger partial charge in [0.2, 0.25) is 5.91 Å². The maximum atomic E-state index is 12.5. The van der Waals surface area contributed by atoms with Gasteiger partial charge in [-0.2, -0.15) is 0 Å². The molecule has 1 amide bonds. The quantitative estimate of drug-likeness (QED) is 0.820. The molecular formula is C15H26N2O3. The molecule has 5 heteroatoms. The molecule has 0 bridgehead atoms. The molecule has 20 heavy (non-hydrogen) atoms. The monoisotopic (exact) mass is 282 g/mol. The highest BCUT2D eigenvalue weighted by Crippen LogP contribution is 2.38. The Morgan fingerprint density at radius 1 is 1.30 bits per heavy atom. The predicted octanol–water partition coefficient (Wildman–Crippen LogP) is 1.61. The molecule has 1 aliphatic heterocycles. The zero-order valence-electron chi connectivity index (χ0n) is 12.3. The zero-order valence-corrected chi connectivity index (χ0v) is 12.3. The SMILES string of the molecule is CC1CCN(C(=O)C(N)CCC(=O)O)C2CCCCC12. The molecule has 114 valence electrons. The third-order valence-corrected chi connectivity index (χ3v) is 5.01. The van der Waals surface area contributed by atoms with Crippen LogP contribution < -0.4 is 5.73 Å². The molecule has 0 aromatic heterocycles. The number of hydrogen-bond donors (Lipinski definition) is 2. The van der Waals surface area contributed by atoms with Crippen LogP contribution in [0.1, 0.15) is 51.9 Å². The zero-order chi connectivity index (χ0) is 14.7. The largest absolute Gasteiger partial charge is 0.481 e. The fraction of sp³-hybridized carbons (Fsp3) is 0.867. The first-order valence-electron chi connectivity index (χ1n) is 7.78. The first-order chi connectivity index (χ1) is 9.50. The number of likely N-dealkylation sites (tertiary alicyclic amines) is 1. The van der Waals surface area contributed by atoms with Crippen molar-refractivity contribution in [3.63, 3.8) is 0 Å². The maximum Gasteiger partial charge on any atom is 0.303 e. The van der Waals surface area contributed by atoms with Gasteiger partial charge >= 0.3 is 5.97 Å². The Balaban J connectivity index is 1.99. The molecule has 0 radical (unpaired) electrons. The van der Waals surface area contributed by atoms with Crippen LogP contribution in [-0.2, 0) is 9.59 Å². The van der Waals surface area contributed by atoms with Crippen LogP contribution in [0.25, 0.3) is 0 Å². The van der Waals surface area contributed by atoms with Crippen molar-refractivity contribution in [3.05, 3.63) is 0 Å². The summed E-state index contributed by atoms with van der Waals surface area (Å²) in [5.41, 5.74) is 5.90. The minimum Gasteiger partial charge on any atom is -0.481 e. The van der Waals surface area contributed by atoms with Crippen molar-refractivity contribution < 1.29 is 14.7 Å². The lowest BCUT2D eigenvalue weighted by Crippen LogP contribution is -2.56. The van der Waals surface area contributed by atoms with Gasteiger partial charge in [-0.1, -0.05) is 19.8 Å². The van der Waals surface area contributed by atoms with Crippen LogP contribution in [0.5, 0.6) is 0 Å². The molecule has 1 heterocycles. The van der Waals surface area contributed by atoms with E-state index in [9.17, 15) is 9.59 Å². The number of rotatable bonds is 4. The molecule has 0 aromatic rings. The Labute approximate surface area is 120 Å². The topological polar surface area (TPSA) is 83.6 Å². The Kier molecular flexibility index (Phi) is 5.02. The van der Waals surface area contributed by atoms with E-state index in [1.807, 2.05) is 4.90 Å². The molecule has 1 aliphatic carbocycles. The van der Waals surface area contributed by atoms with Gasteiger partial charge in [-0.3, -0.25) is 9.59 Å². The van der Waals surface area contributed by atoms with Crippen molar-refractivity contribution in [3.8, 4) is 0 Å². The van der Waals surface area contributed by atoms with Crippen LogP contribution >= 0.6 is 0 Å². The first-order valence-corrected chi connectivity index (χ1v) is 7.78. The number of piperidine rings is 1. The van der Waals surface area contributed by atoms with Crippen molar-refractivity contribution in [2.45, 2.75) is 64.0 Å². The Hall–Kier alpha value is -1.10. The van der Waals surface area contributed by atoms with E-state index in [0.717, 1.165) is 19.4 Å². The highest BCUT2D eigenvalue weighted by molar-refractivity contribution is 5.82. The van der Waals surface area contributed by atoms with Crippen LogP contribution in [0.3, 0.4) is 0 Å². The standard InChI is InChI=1S/C15H26N2O3/c1-10-8-9-17(13-5-3-2-4-11(10)13)15(20)12(16)6-7-14(18)19/h10-13H,2-9,16H2,1H3,(H,18,19). The molecule has 0 spiro atoms. The van der Waals surface area contributed by atoms with E-state index in [2.05, 4.69) is 6.92 Å². The lowest BCUT2D eigenvalue weighted by Gasteiger charge is -2.48. The third kappa shape index (κ3) is 3.32. The normalized spacial score (nSPS) is 31.5. The van der Waals surface area contributed by atoms with Gasteiger partial charge in [0.05, 0.1) is 6.04 Å². The number of nitrogens with two attached hydrogens (primary N) is 1. The molecule has 4 atom stereocenters. The number of nitrogens with zero attached hydrogens (tertiary/aromatic N) is 1. The number of fused-ring (bicyclic) bond motifs is 1. The van der Waals surface area contributed by atoms with E-state index >= 15 is 0 Å². The van der Waals surface area contributed by atoms with Gasteiger partial charge in [0, 0.05) is 19.0 Å². The van der Waals surface area contributed by atoms with E-state index < -0.39 is 12.0 Å². The summed E-state index contributed by atoms with van der Waals surface area (Å²) in [6.45, 7) is 3.07. The van der Waals surface area contributed by atoms with Crippen molar-refractivity contribution in [2.75, 3.05) is 6.54 Å². The van der Waals surface area contributed by atoms with Crippen LogP contribution in [0.4, 0.5) is 0 Å². The number of carbonyl (C=O) groups excluding carboxylic acids is 1. The molecule has 0 aromatic carbocycles. The number of carbonyl (C=O) groups is 2. The fourth-order valence-electron chi connectivity index (χ4n) is 3.80. The lowest BCUT2D eigenvalue weighted by atomic mass is 9.72. The van der Waals surface area contributed by atoms with Gasteiger partial charge in [0.25, 0.3) is 0 Å². The summed E-state index contributed by atoms with van der Waals surface area (Å²) in [5, 5.41) is 8.70. The molecule has 1 saturated heterocycles. The van der Waals surface area contributed by atoms with Gasteiger partial charge in [-0.15, -0.1) is 0 Å². The number of hydrogen-bond acceptors (Lipinski definition) is 3. The Bertz CT molecular complexity index is 372. The fourth-order valence-corrected chi connectivity index (χ4v) is 3.80. The molecule has 4 unspecified atom stereocenters.